The number of amides is 1. The van der Waals surface area contributed by atoms with Crippen LogP contribution < -0.4 is 5.73 Å². The van der Waals surface area contributed by atoms with Gasteiger partial charge in [-0.25, -0.2) is 9.97 Å². The Bertz CT molecular complexity index is 845. The molecule has 3 atom stereocenters. The second kappa shape index (κ2) is 7.44. The van der Waals surface area contributed by atoms with Crippen LogP contribution in [0.25, 0.3) is 0 Å². The normalized spacial score (nSPS) is 24.4. The third kappa shape index (κ3) is 4.06. The first kappa shape index (κ1) is 18.2. The summed E-state index contributed by atoms with van der Waals surface area (Å²) in [5, 5.41) is 0.734. The quantitative estimate of drug-likeness (QED) is 0.856. The number of benzene rings is 1. The number of likely N-dealkylation sites (N-methyl/N-ethyl adjacent to an activating group) is 1. The van der Waals surface area contributed by atoms with Crippen LogP contribution in [0.1, 0.15) is 30.1 Å². The molecule has 2 aliphatic rings. The molecule has 2 fully saturated rings. The molecule has 2 N–H and O–H groups in total. The minimum absolute atomic E-state index is 0.102. The molecule has 1 saturated carbocycles. The molecule has 0 unspecified atom stereocenters. The molecule has 1 aliphatic carbocycles. The molecule has 4 rings (SSSR count). The summed E-state index contributed by atoms with van der Waals surface area (Å²) in [6.07, 6.45) is 3.57. The number of nitrogen functional groups attached to an aromatic ring is 1. The Morgan fingerprint density at radius 1 is 1.41 bits per heavy atom. The van der Waals surface area contributed by atoms with E-state index in [1.807, 2.05) is 23.1 Å². The number of nitrogens with zero attached hydrogens (tertiary/aromatic N) is 4. The number of hydrogen-bond donors (Lipinski definition) is 1. The van der Waals surface area contributed by atoms with Crippen molar-refractivity contribution in [1.82, 2.24) is 19.8 Å². The van der Waals surface area contributed by atoms with Crippen LogP contribution in [-0.4, -0.2) is 51.9 Å². The first-order valence-corrected chi connectivity index (χ1v) is 9.71. The van der Waals surface area contributed by atoms with Gasteiger partial charge in [-0.2, -0.15) is 0 Å². The minimum Gasteiger partial charge on any atom is -0.384 e. The molecule has 0 spiro atoms. The van der Waals surface area contributed by atoms with Crippen molar-refractivity contribution in [2.75, 3.05) is 25.9 Å². The maximum atomic E-state index is 12.9. The van der Waals surface area contributed by atoms with Crippen molar-refractivity contribution >= 4 is 23.3 Å². The molecular weight excluding hydrogens is 362 g/mol. The summed E-state index contributed by atoms with van der Waals surface area (Å²) in [5.41, 5.74) is 6.90. The van der Waals surface area contributed by atoms with Gasteiger partial charge in [-0.3, -0.25) is 9.69 Å². The highest BCUT2D eigenvalue weighted by Gasteiger charge is 2.47. The highest BCUT2D eigenvalue weighted by Crippen LogP contribution is 2.49. The van der Waals surface area contributed by atoms with E-state index in [4.69, 9.17) is 17.3 Å². The average molecular weight is 386 g/mol. The summed E-state index contributed by atoms with van der Waals surface area (Å²) in [7, 11) is 2.05. The molecule has 1 saturated heterocycles. The van der Waals surface area contributed by atoms with E-state index in [2.05, 4.69) is 28.0 Å². The number of hydrogen-bond acceptors (Lipinski definition) is 5. The van der Waals surface area contributed by atoms with Gasteiger partial charge in [-0.05, 0) is 49.6 Å². The molecule has 142 valence electrons. The summed E-state index contributed by atoms with van der Waals surface area (Å²) in [6.45, 7) is 2.20. The second-order valence-corrected chi connectivity index (χ2v) is 7.98. The van der Waals surface area contributed by atoms with Crippen LogP contribution in [0.4, 0.5) is 5.82 Å². The van der Waals surface area contributed by atoms with Crippen molar-refractivity contribution in [2.45, 2.75) is 31.3 Å². The van der Waals surface area contributed by atoms with E-state index in [1.165, 1.54) is 5.56 Å². The van der Waals surface area contributed by atoms with Crippen LogP contribution in [0.3, 0.4) is 0 Å². The van der Waals surface area contributed by atoms with Crippen LogP contribution in [-0.2, 0) is 11.3 Å². The van der Waals surface area contributed by atoms with Crippen molar-refractivity contribution in [3.05, 3.63) is 52.9 Å². The lowest BCUT2D eigenvalue weighted by molar-refractivity contribution is -0.131. The summed E-state index contributed by atoms with van der Waals surface area (Å²) >= 11 is 6.08. The Morgan fingerprint density at radius 3 is 3.04 bits per heavy atom. The van der Waals surface area contributed by atoms with Gasteiger partial charge in [0.15, 0.2) is 0 Å². The lowest BCUT2D eigenvalue weighted by atomic mass is 10.1. The summed E-state index contributed by atoms with van der Waals surface area (Å²) in [5.74, 6) is 1.89. The smallest absolute Gasteiger partial charge is 0.226 e. The number of nitrogens with two attached hydrogens (primary N) is 1. The molecular formula is C20H24ClN5O. The molecule has 2 aromatic rings. The van der Waals surface area contributed by atoms with Gasteiger partial charge in [-0.15, -0.1) is 0 Å². The van der Waals surface area contributed by atoms with Gasteiger partial charge in [-0.1, -0.05) is 23.7 Å². The fourth-order valence-electron chi connectivity index (χ4n) is 3.95. The number of carbonyl (C=O) groups excluding carboxylic acids is 1. The van der Waals surface area contributed by atoms with Crippen molar-refractivity contribution < 1.29 is 4.79 Å². The van der Waals surface area contributed by atoms with Crippen molar-refractivity contribution in [2.24, 2.45) is 5.92 Å². The lowest BCUT2D eigenvalue weighted by Crippen LogP contribution is -2.37. The Hall–Kier alpha value is -2.18. The van der Waals surface area contributed by atoms with Crippen molar-refractivity contribution in [1.29, 1.82) is 0 Å². The van der Waals surface area contributed by atoms with Gasteiger partial charge in [0.25, 0.3) is 0 Å². The molecule has 27 heavy (non-hydrogen) atoms. The summed E-state index contributed by atoms with van der Waals surface area (Å²) < 4.78 is 0. The van der Waals surface area contributed by atoms with Gasteiger partial charge < -0.3 is 10.6 Å². The molecule has 7 heteroatoms. The topological polar surface area (TPSA) is 75.4 Å². The average Bonchev–Trinajstić information content (AvgIpc) is 3.29. The van der Waals surface area contributed by atoms with E-state index in [0.717, 1.165) is 31.0 Å². The van der Waals surface area contributed by atoms with E-state index >= 15 is 0 Å². The maximum Gasteiger partial charge on any atom is 0.226 e. The summed E-state index contributed by atoms with van der Waals surface area (Å²) in [4.78, 5) is 25.6. The van der Waals surface area contributed by atoms with E-state index in [9.17, 15) is 4.79 Å². The zero-order chi connectivity index (χ0) is 19.0. The molecule has 1 aliphatic heterocycles. The standard InChI is InChI=1S/C20H24ClN5O/c1-25(12-19-23-7-5-18(22)24-19)15-6-8-26(11-15)20(27)17-10-16(17)13-3-2-4-14(21)9-13/h2-5,7,9,15-17H,6,8,10-12H2,1H3,(H2,22,23,24)/t15-,16-,17+/m1/s1. The molecule has 0 radical (unpaired) electrons. The van der Waals surface area contributed by atoms with Crippen LogP contribution in [0.15, 0.2) is 36.5 Å². The Labute approximate surface area is 164 Å². The predicted molar refractivity (Wildman–Crippen MR) is 105 cm³/mol. The zero-order valence-electron chi connectivity index (χ0n) is 15.4. The number of carbonyl (C=O) groups is 1. The highest BCUT2D eigenvalue weighted by atomic mass is 35.5. The molecule has 1 amide bonds. The van der Waals surface area contributed by atoms with Crippen LogP contribution in [0, 0.1) is 5.92 Å². The van der Waals surface area contributed by atoms with Crippen molar-refractivity contribution in [3.63, 3.8) is 0 Å². The van der Waals surface area contributed by atoms with Crippen molar-refractivity contribution in [3.8, 4) is 0 Å². The maximum absolute atomic E-state index is 12.9. The fourth-order valence-corrected chi connectivity index (χ4v) is 4.15. The first-order chi connectivity index (χ1) is 13.0. The van der Waals surface area contributed by atoms with Crippen LogP contribution in [0.5, 0.6) is 0 Å². The van der Waals surface area contributed by atoms with E-state index < -0.39 is 0 Å². The Morgan fingerprint density at radius 2 is 2.26 bits per heavy atom. The molecule has 0 bridgehead atoms. The number of likely N-dealkylation sites (tertiary alicyclic amines) is 1. The lowest BCUT2D eigenvalue weighted by Gasteiger charge is -2.24. The number of halogens is 1. The molecule has 6 nitrogen and oxygen atoms in total. The van der Waals surface area contributed by atoms with E-state index in [-0.39, 0.29) is 11.8 Å². The fraction of sp³-hybridized carbons (Fsp3) is 0.450. The summed E-state index contributed by atoms with van der Waals surface area (Å²) in [6, 6.07) is 9.88. The highest BCUT2D eigenvalue weighted by molar-refractivity contribution is 6.30. The Kier molecular flexibility index (Phi) is 5.02. The molecule has 1 aromatic carbocycles. The molecule has 2 heterocycles. The predicted octanol–water partition coefficient (Wildman–Crippen LogP) is 2.55. The van der Waals surface area contributed by atoms with Gasteiger partial charge in [0.1, 0.15) is 11.6 Å². The van der Waals surface area contributed by atoms with E-state index in [1.54, 1.807) is 12.3 Å². The van der Waals surface area contributed by atoms with Crippen LogP contribution in [0.2, 0.25) is 5.02 Å². The SMILES string of the molecule is CN(Cc1nccc(N)n1)[C@@H]1CCN(C(=O)[C@H]2C[C@@H]2c2cccc(Cl)c2)C1. The second-order valence-electron chi connectivity index (χ2n) is 7.54. The monoisotopic (exact) mass is 385 g/mol. The third-order valence-corrected chi connectivity index (χ3v) is 5.84. The third-order valence-electron chi connectivity index (χ3n) is 5.60. The van der Waals surface area contributed by atoms with Gasteiger partial charge in [0.2, 0.25) is 5.91 Å². The van der Waals surface area contributed by atoms with Gasteiger partial charge >= 0.3 is 0 Å². The van der Waals surface area contributed by atoms with Gasteiger partial charge in [0, 0.05) is 36.3 Å². The van der Waals surface area contributed by atoms with Gasteiger partial charge in [0.05, 0.1) is 6.54 Å². The van der Waals surface area contributed by atoms with E-state index in [0.29, 0.717) is 30.1 Å². The largest absolute Gasteiger partial charge is 0.384 e. The molecule has 1 aromatic heterocycles. The number of aromatic nitrogens is 2. The number of rotatable bonds is 5. The first-order valence-electron chi connectivity index (χ1n) is 9.33. The van der Waals surface area contributed by atoms with Crippen LogP contribution >= 0.6 is 11.6 Å². The number of anilines is 1. The minimum atomic E-state index is 0.102. The zero-order valence-corrected chi connectivity index (χ0v) is 16.1. The Balaban J connectivity index is 1.32.